The van der Waals surface area contributed by atoms with Crippen LogP contribution in [0.4, 0.5) is 0 Å². The van der Waals surface area contributed by atoms with Crippen LogP contribution in [0.15, 0.2) is 23.3 Å². The first-order valence-corrected chi connectivity index (χ1v) is 7.22. The fourth-order valence-electron chi connectivity index (χ4n) is 1.60. The van der Waals surface area contributed by atoms with E-state index in [0.29, 0.717) is 6.42 Å². The van der Waals surface area contributed by atoms with Gasteiger partial charge in [-0.05, 0) is 51.5 Å². The van der Waals surface area contributed by atoms with Crippen LogP contribution in [-0.4, -0.2) is 5.78 Å². The molecule has 0 atom stereocenters. The van der Waals surface area contributed by atoms with Crippen LogP contribution < -0.4 is 0 Å². The van der Waals surface area contributed by atoms with Crippen LogP contribution >= 0.6 is 0 Å². The minimum Gasteiger partial charge on any atom is -0.300 e. The van der Waals surface area contributed by atoms with Gasteiger partial charge in [-0.15, -0.1) is 0 Å². The third-order valence-electron chi connectivity index (χ3n) is 2.84. The molecule has 106 valence electrons. The Kier molecular flexibility index (Phi) is 9.90. The molecule has 0 aromatic rings. The fraction of sp³-hybridized carbons (Fsp3) is 0.611. The molecule has 0 rings (SSSR count). The number of rotatable bonds is 7. The fourth-order valence-corrected chi connectivity index (χ4v) is 1.60. The van der Waals surface area contributed by atoms with Gasteiger partial charge in [-0.3, -0.25) is 0 Å². The van der Waals surface area contributed by atoms with E-state index in [9.17, 15) is 4.79 Å². The van der Waals surface area contributed by atoms with E-state index in [1.165, 1.54) is 12.0 Å². The van der Waals surface area contributed by atoms with Gasteiger partial charge in [-0.1, -0.05) is 43.4 Å². The van der Waals surface area contributed by atoms with Crippen LogP contribution in [-0.2, 0) is 4.79 Å². The number of carbonyl (C=O) groups is 1. The molecule has 0 amide bonds. The van der Waals surface area contributed by atoms with E-state index in [0.717, 1.165) is 30.8 Å². The van der Waals surface area contributed by atoms with Gasteiger partial charge in [0.2, 0.25) is 0 Å². The summed E-state index contributed by atoms with van der Waals surface area (Å²) < 4.78 is 0. The lowest BCUT2D eigenvalue weighted by Gasteiger charge is -2.00. The van der Waals surface area contributed by atoms with Gasteiger partial charge in [0.25, 0.3) is 0 Å². The third kappa shape index (κ3) is 12.9. The molecule has 0 bridgehead atoms. The van der Waals surface area contributed by atoms with Gasteiger partial charge in [-0.2, -0.15) is 0 Å². The number of Topliss-reactive ketones (excluding diaryl/α,β-unsaturated/α-hetero) is 1. The second-order valence-electron chi connectivity index (χ2n) is 5.63. The Bertz CT molecular complexity index is 386. The lowest BCUT2D eigenvalue weighted by atomic mass is 10.1. The number of allylic oxidation sites excluding steroid dienone is 4. The summed E-state index contributed by atoms with van der Waals surface area (Å²) in [4.78, 5) is 10.8. The predicted molar refractivity (Wildman–Crippen MR) is 83.9 cm³/mol. The molecular weight excluding hydrogens is 232 g/mol. The van der Waals surface area contributed by atoms with Crippen molar-refractivity contribution in [2.45, 2.75) is 66.7 Å². The van der Waals surface area contributed by atoms with Crippen molar-refractivity contribution in [3.8, 4) is 11.8 Å². The Morgan fingerprint density at radius 2 is 1.79 bits per heavy atom. The third-order valence-corrected chi connectivity index (χ3v) is 2.84. The molecule has 0 N–H and O–H groups in total. The van der Waals surface area contributed by atoms with Gasteiger partial charge in [0, 0.05) is 12.8 Å². The number of hydrogen-bond donors (Lipinski definition) is 0. The molecule has 1 nitrogen and oxygen atoms in total. The largest absolute Gasteiger partial charge is 0.300 e. The van der Waals surface area contributed by atoms with Crippen molar-refractivity contribution in [3.05, 3.63) is 23.3 Å². The summed E-state index contributed by atoms with van der Waals surface area (Å²) in [5.74, 6) is 7.34. The first-order valence-electron chi connectivity index (χ1n) is 7.22. The molecule has 0 aromatic heterocycles. The van der Waals surface area contributed by atoms with Gasteiger partial charge in [0.05, 0.1) is 0 Å². The predicted octanol–water partition coefficient (Wildman–Crippen LogP) is 5.08. The minimum atomic E-state index is 0.237. The van der Waals surface area contributed by atoms with Crippen LogP contribution in [0, 0.1) is 17.8 Å². The SMILES string of the molecule is CC(=O)CCC=C(C)C#CCC(C)=CCCC(C)C. The first kappa shape index (κ1) is 17.7. The summed E-state index contributed by atoms with van der Waals surface area (Å²) in [7, 11) is 0. The van der Waals surface area contributed by atoms with Crippen molar-refractivity contribution < 1.29 is 4.79 Å². The molecule has 0 fully saturated rings. The average molecular weight is 260 g/mol. The van der Waals surface area contributed by atoms with Crippen molar-refractivity contribution in [1.82, 2.24) is 0 Å². The Morgan fingerprint density at radius 1 is 1.11 bits per heavy atom. The molecule has 1 heteroatoms. The second kappa shape index (κ2) is 10.6. The summed E-state index contributed by atoms with van der Waals surface area (Å²) in [5.41, 5.74) is 2.42. The van der Waals surface area contributed by atoms with Crippen molar-refractivity contribution in [2.75, 3.05) is 0 Å². The van der Waals surface area contributed by atoms with Crippen LogP contribution in [0.1, 0.15) is 66.7 Å². The number of ketones is 1. The van der Waals surface area contributed by atoms with Crippen LogP contribution in [0.3, 0.4) is 0 Å². The molecule has 0 aliphatic heterocycles. The Morgan fingerprint density at radius 3 is 2.37 bits per heavy atom. The molecular formula is C18H28O. The van der Waals surface area contributed by atoms with Gasteiger partial charge < -0.3 is 4.79 Å². The summed E-state index contributed by atoms with van der Waals surface area (Å²) >= 11 is 0. The van der Waals surface area contributed by atoms with E-state index < -0.39 is 0 Å². The molecule has 0 saturated carbocycles. The monoisotopic (exact) mass is 260 g/mol. The molecule has 0 radical (unpaired) electrons. The highest BCUT2D eigenvalue weighted by atomic mass is 16.1. The van der Waals surface area contributed by atoms with Gasteiger partial charge in [0.1, 0.15) is 5.78 Å². The van der Waals surface area contributed by atoms with Crippen LogP contribution in [0.5, 0.6) is 0 Å². The maximum absolute atomic E-state index is 10.8. The van der Waals surface area contributed by atoms with E-state index in [2.05, 4.69) is 38.7 Å². The molecule has 19 heavy (non-hydrogen) atoms. The van der Waals surface area contributed by atoms with Crippen molar-refractivity contribution >= 4 is 5.78 Å². The highest BCUT2D eigenvalue weighted by Crippen LogP contribution is 2.08. The molecule has 0 saturated heterocycles. The van der Waals surface area contributed by atoms with E-state index in [4.69, 9.17) is 0 Å². The number of carbonyl (C=O) groups excluding carboxylic acids is 1. The van der Waals surface area contributed by atoms with E-state index in [1.807, 2.05) is 13.0 Å². The van der Waals surface area contributed by atoms with Gasteiger partial charge >= 0.3 is 0 Å². The van der Waals surface area contributed by atoms with Crippen molar-refractivity contribution in [2.24, 2.45) is 5.92 Å². The summed E-state index contributed by atoms with van der Waals surface area (Å²) in [6.07, 6.45) is 9.01. The smallest absolute Gasteiger partial charge is 0.130 e. The second-order valence-corrected chi connectivity index (χ2v) is 5.63. The average Bonchev–Trinajstić information content (AvgIpc) is 2.27. The summed E-state index contributed by atoms with van der Waals surface area (Å²) in [6, 6.07) is 0. The van der Waals surface area contributed by atoms with Gasteiger partial charge in [-0.25, -0.2) is 0 Å². The lowest BCUT2D eigenvalue weighted by Crippen LogP contribution is -1.87. The van der Waals surface area contributed by atoms with Crippen LogP contribution in [0.2, 0.25) is 0 Å². The molecule has 0 aliphatic carbocycles. The quantitative estimate of drug-likeness (QED) is 0.461. The van der Waals surface area contributed by atoms with Gasteiger partial charge in [0.15, 0.2) is 0 Å². The number of hydrogen-bond acceptors (Lipinski definition) is 1. The lowest BCUT2D eigenvalue weighted by molar-refractivity contribution is -0.116. The molecule has 0 spiro atoms. The Labute approximate surface area is 119 Å². The normalized spacial score (nSPS) is 12.3. The molecule has 0 heterocycles. The molecule has 0 aliphatic rings. The zero-order valence-corrected chi connectivity index (χ0v) is 13.2. The van der Waals surface area contributed by atoms with Crippen molar-refractivity contribution in [1.29, 1.82) is 0 Å². The van der Waals surface area contributed by atoms with E-state index in [1.54, 1.807) is 6.92 Å². The Balaban J connectivity index is 4.04. The summed E-state index contributed by atoms with van der Waals surface area (Å²) in [5, 5.41) is 0. The maximum Gasteiger partial charge on any atom is 0.130 e. The standard InChI is InChI=1S/C18H28O/c1-15(2)9-6-10-16(3)11-7-12-17(4)13-8-14-18(5)19/h10,13,15H,6,8-9,11,14H2,1-5H3. The zero-order chi connectivity index (χ0) is 14.7. The zero-order valence-electron chi connectivity index (χ0n) is 13.2. The topological polar surface area (TPSA) is 17.1 Å². The van der Waals surface area contributed by atoms with E-state index in [-0.39, 0.29) is 5.78 Å². The Hall–Kier alpha value is -1.29. The highest BCUT2D eigenvalue weighted by molar-refractivity contribution is 5.75. The minimum absolute atomic E-state index is 0.237. The van der Waals surface area contributed by atoms with E-state index >= 15 is 0 Å². The summed E-state index contributed by atoms with van der Waals surface area (Å²) in [6.45, 7) is 10.3. The highest BCUT2D eigenvalue weighted by Gasteiger charge is 1.92. The van der Waals surface area contributed by atoms with Crippen LogP contribution in [0.25, 0.3) is 0 Å². The first-order chi connectivity index (χ1) is 8.91. The molecule has 0 unspecified atom stereocenters. The maximum atomic E-state index is 10.8. The molecule has 0 aromatic carbocycles. The van der Waals surface area contributed by atoms with Crippen molar-refractivity contribution in [3.63, 3.8) is 0 Å².